The Kier molecular flexibility index (Phi) is 5.58. The van der Waals surface area contributed by atoms with E-state index in [0.717, 1.165) is 11.1 Å². The molecule has 1 aromatic carbocycles. The summed E-state index contributed by atoms with van der Waals surface area (Å²) in [5.41, 5.74) is 3.16. The SMILES string of the molecule is Cc1nc(NCc2cnn(Cc3cccc(F)c3)c2)nc2c1NC(=O)C(C(C)C)N2C. The van der Waals surface area contributed by atoms with Crippen molar-refractivity contribution in [1.82, 2.24) is 19.7 Å². The van der Waals surface area contributed by atoms with Crippen LogP contribution >= 0.6 is 0 Å². The summed E-state index contributed by atoms with van der Waals surface area (Å²) in [6.07, 6.45) is 3.67. The molecule has 8 nitrogen and oxygen atoms in total. The van der Waals surface area contributed by atoms with E-state index < -0.39 is 0 Å². The summed E-state index contributed by atoms with van der Waals surface area (Å²) in [6.45, 7) is 6.87. The Morgan fingerprint density at radius 2 is 2.06 bits per heavy atom. The summed E-state index contributed by atoms with van der Waals surface area (Å²) < 4.78 is 15.1. The number of likely N-dealkylation sites (N-methyl/N-ethyl adjacent to an activating group) is 1. The molecule has 0 fully saturated rings. The van der Waals surface area contributed by atoms with Crippen molar-refractivity contribution in [2.75, 3.05) is 22.6 Å². The molecule has 1 amide bonds. The second kappa shape index (κ2) is 8.33. The number of fused-ring (bicyclic) bond motifs is 1. The number of anilines is 3. The molecule has 3 heterocycles. The van der Waals surface area contributed by atoms with E-state index in [4.69, 9.17) is 0 Å². The summed E-state index contributed by atoms with van der Waals surface area (Å²) in [6, 6.07) is 6.20. The predicted octanol–water partition coefficient (Wildman–Crippen LogP) is 3.19. The Balaban J connectivity index is 1.47. The van der Waals surface area contributed by atoms with Gasteiger partial charge >= 0.3 is 0 Å². The Hall–Kier alpha value is -3.49. The van der Waals surface area contributed by atoms with E-state index in [0.29, 0.717) is 36.2 Å². The van der Waals surface area contributed by atoms with Crippen LogP contribution in [0.3, 0.4) is 0 Å². The van der Waals surface area contributed by atoms with E-state index in [-0.39, 0.29) is 23.7 Å². The molecule has 2 N–H and O–H groups in total. The Morgan fingerprint density at radius 3 is 2.81 bits per heavy atom. The topological polar surface area (TPSA) is 88.0 Å². The first-order valence-corrected chi connectivity index (χ1v) is 10.2. The highest BCUT2D eigenvalue weighted by Crippen LogP contribution is 2.34. The number of aromatic nitrogens is 4. The van der Waals surface area contributed by atoms with Gasteiger partial charge in [0.1, 0.15) is 17.5 Å². The molecule has 162 valence electrons. The highest BCUT2D eigenvalue weighted by Gasteiger charge is 2.35. The summed E-state index contributed by atoms with van der Waals surface area (Å²) in [4.78, 5) is 23.5. The first-order valence-electron chi connectivity index (χ1n) is 10.2. The summed E-state index contributed by atoms with van der Waals surface area (Å²) >= 11 is 0. The summed E-state index contributed by atoms with van der Waals surface area (Å²) in [5.74, 6) is 1.04. The molecule has 1 aliphatic rings. The van der Waals surface area contributed by atoms with Crippen LogP contribution in [0.2, 0.25) is 0 Å². The number of aryl methyl sites for hydroxylation is 1. The molecule has 1 unspecified atom stereocenters. The van der Waals surface area contributed by atoms with E-state index in [1.807, 2.05) is 45.0 Å². The van der Waals surface area contributed by atoms with Gasteiger partial charge in [0.2, 0.25) is 11.9 Å². The molecule has 1 aliphatic heterocycles. The van der Waals surface area contributed by atoms with Gasteiger partial charge in [-0.1, -0.05) is 26.0 Å². The number of hydrogen-bond acceptors (Lipinski definition) is 6. The third kappa shape index (κ3) is 4.35. The summed E-state index contributed by atoms with van der Waals surface area (Å²) in [5, 5.41) is 10.5. The fourth-order valence-corrected chi connectivity index (χ4v) is 3.88. The van der Waals surface area contributed by atoms with Crippen LogP contribution in [0.5, 0.6) is 0 Å². The highest BCUT2D eigenvalue weighted by molar-refractivity contribution is 6.03. The number of halogens is 1. The monoisotopic (exact) mass is 423 g/mol. The molecule has 0 aliphatic carbocycles. The van der Waals surface area contributed by atoms with Crippen LogP contribution in [0.1, 0.15) is 30.7 Å². The zero-order valence-electron chi connectivity index (χ0n) is 18.1. The largest absolute Gasteiger partial charge is 0.350 e. The van der Waals surface area contributed by atoms with Crippen molar-refractivity contribution in [3.63, 3.8) is 0 Å². The Labute approximate surface area is 180 Å². The van der Waals surface area contributed by atoms with E-state index >= 15 is 0 Å². The van der Waals surface area contributed by atoms with Crippen LogP contribution in [0.4, 0.5) is 21.8 Å². The van der Waals surface area contributed by atoms with Gasteiger partial charge in [0.05, 0.1) is 18.4 Å². The van der Waals surface area contributed by atoms with Crippen LogP contribution in [0.15, 0.2) is 36.7 Å². The van der Waals surface area contributed by atoms with Gasteiger partial charge < -0.3 is 15.5 Å². The lowest BCUT2D eigenvalue weighted by atomic mass is 9.99. The average molecular weight is 423 g/mol. The minimum Gasteiger partial charge on any atom is -0.350 e. The van der Waals surface area contributed by atoms with Crippen LogP contribution in [-0.4, -0.2) is 38.7 Å². The molecule has 31 heavy (non-hydrogen) atoms. The van der Waals surface area contributed by atoms with Crippen molar-refractivity contribution in [2.45, 2.75) is 39.9 Å². The van der Waals surface area contributed by atoms with Gasteiger partial charge in [-0.25, -0.2) is 9.37 Å². The fourth-order valence-electron chi connectivity index (χ4n) is 3.88. The van der Waals surface area contributed by atoms with Crippen molar-refractivity contribution in [3.8, 4) is 0 Å². The number of nitrogens with one attached hydrogen (secondary N) is 2. The maximum absolute atomic E-state index is 13.4. The molecule has 0 saturated heterocycles. The predicted molar refractivity (Wildman–Crippen MR) is 117 cm³/mol. The maximum Gasteiger partial charge on any atom is 0.247 e. The molecular weight excluding hydrogens is 397 g/mol. The molecular formula is C22H26FN7O. The zero-order chi connectivity index (χ0) is 22.1. The van der Waals surface area contributed by atoms with Gasteiger partial charge in [0.25, 0.3) is 0 Å². The molecule has 9 heteroatoms. The van der Waals surface area contributed by atoms with Gasteiger partial charge in [-0.3, -0.25) is 9.48 Å². The minimum atomic E-state index is -0.282. The molecule has 0 spiro atoms. The molecule has 4 rings (SSSR count). The van der Waals surface area contributed by atoms with Crippen LogP contribution in [-0.2, 0) is 17.9 Å². The number of rotatable bonds is 6. The second-order valence-electron chi connectivity index (χ2n) is 8.15. The number of benzene rings is 1. The molecule has 0 radical (unpaired) electrons. The molecule has 2 aromatic heterocycles. The number of carbonyl (C=O) groups excluding carboxylic acids is 1. The third-order valence-electron chi connectivity index (χ3n) is 5.34. The van der Waals surface area contributed by atoms with Crippen molar-refractivity contribution >= 4 is 23.4 Å². The average Bonchev–Trinajstić information content (AvgIpc) is 3.14. The fraction of sp³-hybridized carbons (Fsp3) is 0.364. The molecule has 0 saturated carbocycles. The van der Waals surface area contributed by atoms with Crippen molar-refractivity contribution < 1.29 is 9.18 Å². The van der Waals surface area contributed by atoms with E-state index in [2.05, 4.69) is 25.7 Å². The smallest absolute Gasteiger partial charge is 0.247 e. The number of amides is 1. The third-order valence-corrected chi connectivity index (χ3v) is 5.34. The Bertz CT molecular complexity index is 1110. The van der Waals surface area contributed by atoms with Crippen LogP contribution < -0.4 is 15.5 Å². The van der Waals surface area contributed by atoms with Crippen molar-refractivity contribution in [1.29, 1.82) is 0 Å². The number of nitrogens with zero attached hydrogens (tertiary/aromatic N) is 5. The number of carbonyl (C=O) groups is 1. The molecule has 0 bridgehead atoms. The van der Waals surface area contributed by atoms with Gasteiger partial charge in [-0.15, -0.1) is 0 Å². The van der Waals surface area contributed by atoms with Gasteiger partial charge in [-0.2, -0.15) is 10.1 Å². The van der Waals surface area contributed by atoms with Crippen LogP contribution in [0.25, 0.3) is 0 Å². The van der Waals surface area contributed by atoms with E-state index in [1.165, 1.54) is 12.1 Å². The van der Waals surface area contributed by atoms with Gasteiger partial charge in [0.15, 0.2) is 5.82 Å². The van der Waals surface area contributed by atoms with Crippen molar-refractivity contribution in [3.05, 3.63) is 59.3 Å². The quantitative estimate of drug-likeness (QED) is 0.633. The maximum atomic E-state index is 13.4. The Morgan fingerprint density at radius 1 is 1.26 bits per heavy atom. The second-order valence-corrected chi connectivity index (χ2v) is 8.15. The molecule has 3 aromatic rings. The lowest BCUT2D eigenvalue weighted by Gasteiger charge is -2.36. The normalized spacial score (nSPS) is 15.7. The van der Waals surface area contributed by atoms with E-state index in [1.54, 1.807) is 16.9 Å². The highest BCUT2D eigenvalue weighted by atomic mass is 19.1. The van der Waals surface area contributed by atoms with Crippen molar-refractivity contribution in [2.24, 2.45) is 5.92 Å². The number of hydrogen-bond donors (Lipinski definition) is 2. The van der Waals surface area contributed by atoms with Gasteiger partial charge in [-0.05, 0) is 30.5 Å². The first-order chi connectivity index (χ1) is 14.8. The van der Waals surface area contributed by atoms with Gasteiger partial charge in [0, 0.05) is 25.4 Å². The minimum absolute atomic E-state index is 0.0388. The van der Waals surface area contributed by atoms with E-state index in [9.17, 15) is 9.18 Å². The first kappa shape index (κ1) is 20.8. The molecule has 1 atom stereocenters. The van der Waals surface area contributed by atoms with Crippen LogP contribution in [0, 0.1) is 18.7 Å². The lowest BCUT2D eigenvalue weighted by molar-refractivity contribution is -0.118. The lowest BCUT2D eigenvalue weighted by Crippen LogP contribution is -2.49. The zero-order valence-corrected chi connectivity index (χ0v) is 18.1. The summed E-state index contributed by atoms with van der Waals surface area (Å²) in [7, 11) is 1.88. The standard InChI is InChI=1S/C22H26FN7O/c1-13(2)19-21(31)27-18-14(3)26-22(28-20(18)29(19)4)24-9-16-10-25-30(12-16)11-15-6-5-7-17(23)8-15/h5-8,10,12-13,19H,9,11H2,1-4H3,(H,27,31)(H,24,26,28).